The second-order valence-electron chi connectivity index (χ2n) is 4.74. The van der Waals surface area contributed by atoms with Crippen LogP contribution in [0.2, 0.25) is 0 Å². The summed E-state index contributed by atoms with van der Waals surface area (Å²) in [6.45, 7) is 4.21. The van der Waals surface area contributed by atoms with Gasteiger partial charge in [0.05, 0.1) is 0 Å². The Hall–Kier alpha value is -0.180. The Morgan fingerprint density at radius 1 is 1.50 bits per heavy atom. The maximum absolute atomic E-state index is 12.1. The van der Waals surface area contributed by atoms with Crippen LogP contribution in [0.25, 0.3) is 0 Å². The number of nitrogens with zero attached hydrogens (tertiary/aromatic N) is 3. The van der Waals surface area contributed by atoms with E-state index in [1.165, 1.54) is 11.7 Å². The summed E-state index contributed by atoms with van der Waals surface area (Å²) < 4.78 is 28.2. The molecule has 0 amide bonds. The van der Waals surface area contributed by atoms with E-state index in [4.69, 9.17) is 11.6 Å². The lowest BCUT2D eigenvalue weighted by Crippen LogP contribution is -2.35. The van der Waals surface area contributed by atoms with Gasteiger partial charge in [-0.25, -0.2) is 17.8 Å². The Balaban J connectivity index is 2.84. The minimum atomic E-state index is -3.63. The van der Waals surface area contributed by atoms with Gasteiger partial charge in [0.25, 0.3) is 10.0 Å². The SMILES string of the molecule is Cn1nnc(Br)c1S(=O)(=O)NCC(C)(C)CCCl. The first-order valence-corrected chi connectivity index (χ1v) is 8.11. The van der Waals surface area contributed by atoms with Crippen molar-refractivity contribution in [3.63, 3.8) is 0 Å². The predicted molar refractivity (Wildman–Crippen MR) is 73.0 cm³/mol. The Morgan fingerprint density at radius 3 is 2.56 bits per heavy atom. The molecule has 104 valence electrons. The molecule has 1 aromatic heterocycles. The average Bonchev–Trinajstić information content (AvgIpc) is 2.56. The third kappa shape index (κ3) is 3.91. The zero-order chi connectivity index (χ0) is 14.0. The van der Waals surface area contributed by atoms with E-state index >= 15 is 0 Å². The molecule has 0 radical (unpaired) electrons. The molecule has 0 saturated carbocycles. The molecule has 0 aliphatic carbocycles. The molecule has 9 heteroatoms. The summed E-state index contributed by atoms with van der Waals surface area (Å²) >= 11 is 8.75. The molecule has 1 rings (SSSR count). The Morgan fingerprint density at radius 2 is 2.11 bits per heavy atom. The highest BCUT2D eigenvalue weighted by molar-refractivity contribution is 9.10. The normalized spacial score (nSPS) is 12.9. The number of rotatable bonds is 6. The third-order valence-electron chi connectivity index (χ3n) is 2.50. The Kier molecular flexibility index (Phi) is 5.16. The molecule has 0 saturated heterocycles. The van der Waals surface area contributed by atoms with Gasteiger partial charge in [0, 0.05) is 19.5 Å². The van der Waals surface area contributed by atoms with E-state index in [2.05, 4.69) is 31.0 Å². The van der Waals surface area contributed by atoms with Crippen molar-refractivity contribution in [2.45, 2.75) is 25.3 Å². The summed E-state index contributed by atoms with van der Waals surface area (Å²) in [5, 5.41) is 7.31. The minimum Gasteiger partial charge on any atom is -0.235 e. The number of aryl methyl sites for hydroxylation is 1. The van der Waals surface area contributed by atoms with E-state index in [-0.39, 0.29) is 15.0 Å². The first kappa shape index (κ1) is 15.9. The fraction of sp³-hybridized carbons (Fsp3) is 0.778. The van der Waals surface area contributed by atoms with Gasteiger partial charge in [-0.15, -0.1) is 16.7 Å². The van der Waals surface area contributed by atoms with E-state index in [1.807, 2.05) is 13.8 Å². The molecule has 0 bridgehead atoms. The molecule has 0 unspecified atom stereocenters. The number of hydrogen-bond donors (Lipinski definition) is 1. The maximum atomic E-state index is 12.1. The number of halogens is 2. The molecule has 0 fully saturated rings. The highest BCUT2D eigenvalue weighted by Crippen LogP contribution is 2.22. The smallest absolute Gasteiger partial charge is 0.235 e. The van der Waals surface area contributed by atoms with Crippen LogP contribution in [0.4, 0.5) is 0 Å². The van der Waals surface area contributed by atoms with E-state index < -0.39 is 10.0 Å². The largest absolute Gasteiger partial charge is 0.260 e. The topological polar surface area (TPSA) is 76.9 Å². The summed E-state index contributed by atoms with van der Waals surface area (Å²) in [6.07, 6.45) is 0.724. The van der Waals surface area contributed by atoms with E-state index in [0.717, 1.165) is 6.42 Å². The van der Waals surface area contributed by atoms with E-state index in [0.29, 0.717) is 12.4 Å². The van der Waals surface area contributed by atoms with Gasteiger partial charge in [-0.3, -0.25) is 0 Å². The standard InChI is InChI=1S/C9H16BrClN4O2S/c1-9(2,4-5-11)6-12-18(16,17)8-7(10)13-14-15(8)3/h12H,4-6H2,1-3H3. The van der Waals surface area contributed by atoms with Gasteiger partial charge in [0.1, 0.15) is 0 Å². The second kappa shape index (κ2) is 5.85. The number of hydrogen-bond acceptors (Lipinski definition) is 4. The van der Waals surface area contributed by atoms with Crippen molar-refractivity contribution in [2.75, 3.05) is 12.4 Å². The Bertz CT molecular complexity index is 495. The van der Waals surface area contributed by atoms with Gasteiger partial charge in [0.15, 0.2) is 4.60 Å². The van der Waals surface area contributed by atoms with Crippen molar-refractivity contribution in [2.24, 2.45) is 12.5 Å². The highest BCUT2D eigenvalue weighted by atomic mass is 79.9. The van der Waals surface area contributed by atoms with Crippen molar-refractivity contribution < 1.29 is 8.42 Å². The van der Waals surface area contributed by atoms with Gasteiger partial charge in [0.2, 0.25) is 5.03 Å². The molecule has 0 aliphatic heterocycles. The fourth-order valence-electron chi connectivity index (χ4n) is 1.31. The third-order valence-corrected chi connectivity index (χ3v) is 4.98. The van der Waals surface area contributed by atoms with Gasteiger partial charge in [-0.2, -0.15) is 0 Å². The fourth-order valence-corrected chi connectivity index (χ4v) is 4.15. The van der Waals surface area contributed by atoms with Gasteiger partial charge in [-0.05, 0) is 27.8 Å². The molecule has 0 atom stereocenters. The van der Waals surface area contributed by atoms with Gasteiger partial charge in [-0.1, -0.05) is 19.1 Å². The lowest BCUT2D eigenvalue weighted by molar-refractivity contribution is 0.351. The van der Waals surface area contributed by atoms with Crippen molar-refractivity contribution in [3.05, 3.63) is 4.60 Å². The van der Waals surface area contributed by atoms with Crippen molar-refractivity contribution in [1.29, 1.82) is 0 Å². The molecule has 1 aromatic rings. The molecule has 1 heterocycles. The molecule has 6 nitrogen and oxygen atoms in total. The predicted octanol–water partition coefficient (Wildman–Crippen LogP) is 1.51. The lowest BCUT2D eigenvalue weighted by atomic mass is 9.91. The number of alkyl halides is 1. The first-order chi connectivity index (χ1) is 8.19. The molecular weight excluding hydrogens is 344 g/mol. The van der Waals surface area contributed by atoms with Crippen molar-refractivity contribution in [3.8, 4) is 0 Å². The summed E-state index contributed by atoms with van der Waals surface area (Å²) in [5.41, 5.74) is -0.201. The summed E-state index contributed by atoms with van der Waals surface area (Å²) in [6, 6.07) is 0. The molecule has 0 aromatic carbocycles. The summed E-state index contributed by atoms with van der Waals surface area (Å²) in [4.78, 5) is 0. The van der Waals surface area contributed by atoms with Gasteiger partial charge < -0.3 is 0 Å². The monoisotopic (exact) mass is 358 g/mol. The van der Waals surface area contributed by atoms with Crippen LogP contribution in [-0.4, -0.2) is 35.8 Å². The molecule has 0 spiro atoms. The van der Waals surface area contributed by atoms with Crippen LogP contribution in [-0.2, 0) is 17.1 Å². The first-order valence-electron chi connectivity index (χ1n) is 5.30. The van der Waals surface area contributed by atoms with Crippen molar-refractivity contribution >= 4 is 37.6 Å². The van der Waals surface area contributed by atoms with Crippen LogP contribution >= 0.6 is 27.5 Å². The van der Waals surface area contributed by atoms with Crippen LogP contribution < -0.4 is 4.72 Å². The zero-order valence-corrected chi connectivity index (χ0v) is 13.6. The number of sulfonamides is 1. The van der Waals surface area contributed by atoms with Crippen LogP contribution in [0, 0.1) is 5.41 Å². The van der Waals surface area contributed by atoms with Crippen LogP contribution in [0.5, 0.6) is 0 Å². The molecule has 0 aliphatic rings. The summed E-state index contributed by atoms with van der Waals surface area (Å²) in [7, 11) is -2.11. The van der Waals surface area contributed by atoms with Crippen LogP contribution in [0.15, 0.2) is 9.63 Å². The van der Waals surface area contributed by atoms with Gasteiger partial charge >= 0.3 is 0 Å². The number of aromatic nitrogens is 3. The molecule has 1 N–H and O–H groups in total. The molecule has 18 heavy (non-hydrogen) atoms. The Labute approximate surface area is 120 Å². The van der Waals surface area contributed by atoms with E-state index in [9.17, 15) is 8.42 Å². The maximum Gasteiger partial charge on any atom is 0.260 e. The lowest BCUT2D eigenvalue weighted by Gasteiger charge is -2.23. The zero-order valence-electron chi connectivity index (χ0n) is 10.4. The highest BCUT2D eigenvalue weighted by Gasteiger charge is 2.26. The minimum absolute atomic E-state index is 0.0178. The van der Waals surface area contributed by atoms with E-state index in [1.54, 1.807) is 0 Å². The second-order valence-corrected chi connectivity index (χ2v) is 7.55. The number of nitrogens with one attached hydrogen (secondary N) is 1. The van der Waals surface area contributed by atoms with Crippen LogP contribution in [0.3, 0.4) is 0 Å². The van der Waals surface area contributed by atoms with Crippen LogP contribution in [0.1, 0.15) is 20.3 Å². The summed E-state index contributed by atoms with van der Waals surface area (Å²) in [5.74, 6) is 0.492. The molecular formula is C9H16BrClN4O2S. The quantitative estimate of drug-likeness (QED) is 0.781. The van der Waals surface area contributed by atoms with Crippen molar-refractivity contribution in [1.82, 2.24) is 19.7 Å². The average molecular weight is 360 g/mol.